The monoisotopic (exact) mass is 257 g/mol. The first-order valence-corrected chi connectivity index (χ1v) is 5.93. The van der Waals surface area contributed by atoms with Gasteiger partial charge in [0.15, 0.2) is 10.9 Å². The fourth-order valence-electron chi connectivity index (χ4n) is 1.41. The Morgan fingerprint density at radius 1 is 1.65 bits per heavy atom. The Kier molecular flexibility index (Phi) is 5.85. The van der Waals surface area contributed by atoms with Crippen LogP contribution in [0.2, 0.25) is 0 Å². The van der Waals surface area contributed by atoms with Gasteiger partial charge in [0.05, 0.1) is 6.04 Å². The van der Waals surface area contributed by atoms with Crippen LogP contribution in [0.1, 0.15) is 25.2 Å². The molecule has 0 bridgehead atoms. The van der Waals surface area contributed by atoms with Gasteiger partial charge in [-0.25, -0.2) is 0 Å². The SMILES string of the molecule is COCCCNC(=S)NC(C)c1nncn1C. The molecular weight excluding hydrogens is 238 g/mol. The van der Waals surface area contributed by atoms with Crippen LogP contribution in [0.5, 0.6) is 0 Å². The van der Waals surface area contributed by atoms with Crippen molar-refractivity contribution in [1.29, 1.82) is 0 Å². The lowest BCUT2D eigenvalue weighted by Crippen LogP contribution is -2.38. The molecule has 2 N–H and O–H groups in total. The molecule has 1 rings (SSSR count). The summed E-state index contributed by atoms with van der Waals surface area (Å²) in [5.74, 6) is 0.853. The van der Waals surface area contributed by atoms with Crippen LogP contribution in [0.3, 0.4) is 0 Å². The second kappa shape index (κ2) is 7.18. The van der Waals surface area contributed by atoms with Crippen LogP contribution in [-0.4, -0.2) is 40.1 Å². The number of hydrogen-bond acceptors (Lipinski definition) is 4. The van der Waals surface area contributed by atoms with Gasteiger partial charge in [0.1, 0.15) is 6.33 Å². The third kappa shape index (κ3) is 4.66. The van der Waals surface area contributed by atoms with Gasteiger partial charge in [-0.15, -0.1) is 10.2 Å². The smallest absolute Gasteiger partial charge is 0.166 e. The highest BCUT2D eigenvalue weighted by Crippen LogP contribution is 2.06. The molecule has 0 aliphatic rings. The summed E-state index contributed by atoms with van der Waals surface area (Å²) >= 11 is 5.18. The molecule has 1 unspecified atom stereocenters. The van der Waals surface area contributed by atoms with Crippen molar-refractivity contribution in [3.05, 3.63) is 12.2 Å². The van der Waals surface area contributed by atoms with E-state index in [-0.39, 0.29) is 6.04 Å². The number of methoxy groups -OCH3 is 1. The summed E-state index contributed by atoms with van der Waals surface area (Å²) in [5, 5.41) is 14.7. The molecule has 1 aromatic rings. The average Bonchev–Trinajstić information content (AvgIpc) is 2.71. The third-order valence-electron chi connectivity index (χ3n) is 2.29. The zero-order valence-corrected chi connectivity index (χ0v) is 11.3. The minimum atomic E-state index is 0.0323. The fourth-order valence-corrected chi connectivity index (χ4v) is 1.69. The van der Waals surface area contributed by atoms with E-state index in [1.807, 2.05) is 18.5 Å². The summed E-state index contributed by atoms with van der Waals surface area (Å²) in [6.45, 7) is 3.52. The van der Waals surface area contributed by atoms with Gasteiger partial charge in [-0.3, -0.25) is 0 Å². The minimum absolute atomic E-state index is 0.0323. The van der Waals surface area contributed by atoms with E-state index in [9.17, 15) is 0 Å². The highest BCUT2D eigenvalue weighted by Gasteiger charge is 2.11. The summed E-state index contributed by atoms with van der Waals surface area (Å²) in [6, 6.07) is 0.0323. The van der Waals surface area contributed by atoms with Gasteiger partial charge in [0, 0.05) is 27.3 Å². The van der Waals surface area contributed by atoms with E-state index in [2.05, 4.69) is 20.8 Å². The van der Waals surface area contributed by atoms with Crippen LogP contribution in [0.4, 0.5) is 0 Å². The molecule has 0 fully saturated rings. The van der Waals surface area contributed by atoms with E-state index in [0.717, 1.165) is 25.4 Å². The molecule has 6 nitrogen and oxygen atoms in total. The van der Waals surface area contributed by atoms with Crippen molar-refractivity contribution in [2.24, 2.45) is 7.05 Å². The molecule has 0 aliphatic heterocycles. The van der Waals surface area contributed by atoms with E-state index >= 15 is 0 Å². The van der Waals surface area contributed by atoms with Gasteiger partial charge < -0.3 is 19.9 Å². The summed E-state index contributed by atoms with van der Waals surface area (Å²) in [4.78, 5) is 0. The second-order valence-electron chi connectivity index (χ2n) is 3.77. The van der Waals surface area contributed by atoms with E-state index in [4.69, 9.17) is 17.0 Å². The van der Waals surface area contributed by atoms with Crippen molar-refractivity contribution in [1.82, 2.24) is 25.4 Å². The van der Waals surface area contributed by atoms with E-state index < -0.39 is 0 Å². The van der Waals surface area contributed by atoms with Gasteiger partial charge in [-0.1, -0.05) is 0 Å². The van der Waals surface area contributed by atoms with Gasteiger partial charge in [0.2, 0.25) is 0 Å². The number of rotatable bonds is 6. The van der Waals surface area contributed by atoms with Gasteiger partial charge >= 0.3 is 0 Å². The van der Waals surface area contributed by atoms with E-state index in [1.54, 1.807) is 13.4 Å². The molecule has 96 valence electrons. The molecular formula is C10H19N5OS. The summed E-state index contributed by atoms with van der Waals surface area (Å²) in [6.07, 6.45) is 2.60. The Morgan fingerprint density at radius 3 is 3.00 bits per heavy atom. The molecule has 0 spiro atoms. The molecule has 0 saturated heterocycles. The van der Waals surface area contributed by atoms with Crippen molar-refractivity contribution in [3.8, 4) is 0 Å². The number of thiocarbonyl (C=S) groups is 1. The van der Waals surface area contributed by atoms with Crippen LogP contribution >= 0.6 is 12.2 Å². The molecule has 0 amide bonds. The summed E-state index contributed by atoms with van der Waals surface area (Å²) < 4.78 is 6.82. The number of nitrogens with one attached hydrogen (secondary N) is 2. The molecule has 0 saturated carbocycles. The van der Waals surface area contributed by atoms with Crippen LogP contribution < -0.4 is 10.6 Å². The van der Waals surface area contributed by atoms with Crippen molar-refractivity contribution < 1.29 is 4.74 Å². The lowest BCUT2D eigenvalue weighted by atomic mass is 10.3. The number of nitrogens with zero attached hydrogens (tertiary/aromatic N) is 3. The van der Waals surface area contributed by atoms with Crippen LogP contribution in [0.15, 0.2) is 6.33 Å². The Hall–Kier alpha value is -1.21. The topological polar surface area (TPSA) is 64.0 Å². The Labute approximate surface area is 107 Å². The number of hydrogen-bond donors (Lipinski definition) is 2. The Balaban J connectivity index is 2.29. The summed E-state index contributed by atoms with van der Waals surface area (Å²) in [7, 11) is 3.59. The van der Waals surface area contributed by atoms with Crippen LogP contribution in [0.25, 0.3) is 0 Å². The Morgan fingerprint density at radius 2 is 2.41 bits per heavy atom. The maximum absolute atomic E-state index is 5.18. The van der Waals surface area contributed by atoms with Crippen molar-refractivity contribution in [2.45, 2.75) is 19.4 Å². The largest absolute Gasteiger partial charge is 0.385 e. The molecule has 0 aromatic carbocycles. The van der Waals surface area contributed by atoms with E-state index in [1.165, 1.54) is 0 Å². The predicted octanol–water partition coefficient (Wildman–Crippen LogP) is 0.377. The van der Waals surface area contributed by atoms with Gasteiger partial charge in [-0.05, 0) is 25.6 Å². The fraction of sp³-hybridized carbons (Fsp3) is 0.700. The molecule has 0 radical (unpaired) electrons. The quantitative estimate of drug-likeness (QED) is 0.567. The lowest BCUT2D eigenvalue weighted by molar-refractivity contribution is 0.195. The maximum atomic E-state index is 5.18. The zero-order chi connectivity index (χ0) is 12.7. The van der Waals surface area contributed by atoms with E-state index in [0.29, 0.717) is 5.11 Å². The Bertz CT molecular complexity index is 354. The van der Waals surface area contributed by atoms with Gasteiger partial charge in [0.25, 0.3) is 0 Å². The number of ether oxygens (including phenoxy) is 1. The highest BCUT2D eigenvalue weighted by molar-refractivity contribution is 7.80. The molecule has 7 heteroatoms. The molecule has 17 heavy (non-hydrogen) atoms. The zero-order valence-electron chi connectivity index (χ0n) is 10.4. The highest BCUT2D eigenvalue weighted by atomic mass is 32.1. The number of aromatic nitrogens is 3. The first kappa shape index (κ1) is 13.9. The van der Waals surface area contributed by atoms with Crippen molar-refractivity contribution >= 4 is 17.3 Å². The van der Waals surface area contributed by atoms with Crippen LogP contribution in [0, 0.1) is 0 Å². The first-order valence-electron chi connectivity index (χ1n) is 5.52. The molecule has 1 atom stereocenters. The minimum Gasteiger partial charge on any atom is -0.385 e. The average molecular weight is 257 g/mol. The third-order valence-corrected chi connectivity index (χ3v) is 2.55. The lowest BCUT2D eigenvalue weighted by Gasteiger charge is -2.16. The molecule has 1 aromatic heterocycles. The van der Waals surface area contributed by atoms with Crippen molar-refractivity contribution in [3.63, 3.8) is 0 Å². The summed E-state index contributed by atoms with van der Waals surface area (Å²) in [5.41, 5.74) is 0. The maximum Gasteiger partial charge on any atom is 0.166 e. The predicted molar refractivity (Wildman–Crippen MR) is 69.6 cm³/mol. The molecule has 0 aliphatic carbocycles. The standard InChI is InChI=1S/C10H19N5OS/c1-8(9-14-12-7-15(9)2)13-10(17)11-5-4-6-16-3/h7-8H,4-6H2,1-3H3,(H2,11,13,17). The first-order chi connectivity index (χ1) is 8.15. The normalized spacial score (nSPS) is 12.2. The van der Waals surface area contributed by atoms with Crippen molar-refractivity contribution in [2.75, 3.05) is 20.3 Å². The second-order valence-corrected chi connectivity index (χ2v) is 4.18. The molecule has 1 heterocycles. The number of aryl methyl sites for hydroxylation is 1. The van der Waals surface area contributed by atoms with Gasteiger partial charge in [-0.2, -0.15) is 0 Å². The van der Waals surface area contributed by atoms with Crippen LogP contribution in [-0.2, 0) is 11.8 Å².